The van der Waals surface area contributed by atoms with Crippen molar-refractivity contribution in [2.24, 2.45) is 5.92 Å². The predicted molar refractivity (Wildman–Crippen MR) is 160 cm³/mol. The molecule has 4 aromatic carbocycles. The van der Waals surface area contributed by atoms with Crippen molar-refractivity contribution < 1.29 is 24.2 Å². The number of rotatable bonds is 8. The Kier molecular flexibility index (Phi) is 8.00. The Hall–Kier alpha value is -4.14. The lowest BCUT2D eigenvalue weighted by atomic mass is 9.90. The topological polar surface area (TPSA) is 79.3 Å². The highest BCUT2D eigenvalue weighted by Gasteiger charge is 2.40. The van der Waals surface area contributed by atoms with E-state index in [1.807, 2.05) is 54.6 Å². The van der Waals surface area contributed by atoms with Crippen LogP contribution in [0.2, 0.25) is 0 Å². The Morgan fingerprint density at radius 1 is 0.762 bits per heavy atom. The molecule has 0 bridgehead atoms. The summed E-state index contributed by atoms with van der Waals surface area (Å²) in [5, 5.41) is 9.55. The summed E-state index contributed by atoms with van der Waals surface area (Å²) in [4.78, 5) is 29.8. The number of aliphatic hydroxyl groups is 1. The van der Waals surface area contributed by atoms with Gasteiger partial charge in [0.2, 0.25) is 0 Å². The highest BCUT2D eigenvalue weighted by atomic mass is 16.7. The minimum absolute atomic E-state index is 0.0232. The number of hydrogen-bond donors (Lipinski definition) is 1. The Bertz CT molecular complexity index is 1540. The van der Waals surface area contributed by atoms with Crippen LogP contribution in [0.3, 0.4) is 0 Å². The molecule has 214 valence electrons. The van der Waals surface area contributed by atoms with E-state index in [-0.39, 0.29) is 36.5 Å². The second-order valence-electron chi connectivity index (χ2n) is 11.1. The highest BCUT2D eigenvalue weighted by molar-refractivity contribution is 6.34. The van der Waals surface area contributed by atoms with Gasteiger partial charge >= 0.3 is 0 Å². The molecular weight excluding hydrogens is 528 g/mol. The first-order valence-electron chi connectivity index (χ1n) is 14.2. The van der Waals surface area contributed by atoms with E-state index < -0.39 is 6.29 Å². The SMILES string of the molecule is C[C@H]1[C@@H](CN(C)Cc2ccccc2)O[C@@H](c2cccc(N3C(=O)c4ccccc4C3=O)c2)O[C@H]1c1ccc(CO)cc1. The fraction of sp³-hybridized carbons (Fsp3) is 0.257. The average molecular weight is 563 g/mol. The maximum absolute atomic E-state index is 13.2. The molecule has 2 aliphatic rings. The fourth-order valence-electron chi connectivity index (χ4n) is 5.83. The van der Waals surface area contributed by atoms with Gasteiger partial charge in [0.05, 0.1) is 35.6 Å². The summed E-state index contributed by atoms with van der Waals surface area (Å²) in [6.45, 7) is 3.57. The number of hydrogen-bond acceptors (Lipinski definition) is 6. The Labute approximate surface area is 245 Å². The second kappa shape index (κ2) is 12.0. The summed E-state index contributed by atoms with van der Waals surface area (Å²) < 4.78 is 13.2. The van der Waals surface area contributed by atoms with Crippen LogP contribution in [0, 0.1) is 5.92 Å². The van der Waals surface area contributed by atoms with E-state index in [0.717, 1.165) is 23.2 Å². The molecule has 4 atom stereocenters. The molecule has 0 spiro atoms. The van der Waals surface area contributed by atoms with Crippen LogP contribution in [0.1, 0.15) is 62.3 Å². The zero-order chi connectivity index (χ0) is 29.2. The van der Waals surface area contributed by atoms with Crippen LogP contribution in [0.4, 0.5) is 5.69 Å². The van der Waals surface area contributed by atoms with Gasteiger partial charge in [-0.1, -0.05) is 85.8 Å². The normalized spacial score (nSPS) is 22.0. The van der Waals surface area contributed by atoms with Crippen LogP contribution in [-0.4, -0.2) is 41.5 Å². The van der Waals surface area contributed by atoms with Gasteiger partial charge in [0.15, 0.2) is 6.29 Å². The van der Waals surface area contributed by atoms with E-state index >= 15 is 0 Å². The lowest BCUT2D eigenvalue weighted by Crippen LogP contribution is -2.43. The van der Waals surface area contributed by atoms with Crippen LogP contribution < -0.4 is 4.90 Å². The van der Waals surface area contributed by atoms with Crippen molar-refractivity contribution >= 4 is 17.5 Å². The quantitative estimate of drug-likeness (QED) is 0.269. The van der Waals surface area contributed by atoms with Crippen molar-refractivity contribution in [3.63, 3.8) is 0 Å². The molecule has 1 fully saturated rings. The van der Waals surface area contributed by atoms with Crippen LogP contribution in [0.25, 0.3) is 0 Å². The molecule has 1 saturated heterocycles. The minimum Gasteiger partial charge on any atom is -0.392 e. The highest BCUT2D eigenvalue weighted by Crippen LogP contribution is 2.42. The monoisotopic (exact) mass is 562 g/mol. The third-order valence-electron chi connectivity index (χ3n) is 8.10. The van der Waals surface area contributed by atoms with Gasteiger partial charge in [-0.25, -0.2) is 4.90 Å². The van der Waals surface area contributed by atoms with Gasteiger partial charge in [0.25, 0.3) is 11.8 Å². The Morgan fingerprint density at radius 3 is 2.10 bits per heavy atom. The zero-order valence-electron chi connectivity index (χ0n) is 23.7. The van der Waals surface area contributed by atoms with E-state index in [1.54, 1.807) is 36.4 Å². The summed E-state index contributed by atoms with van der Waals surface area (Å²) in [7, 11) is 2.08. The van der Waals surface area contributed by atoms with Gasteiger partial charge in [-0.2, -0.15) is 0 Å². The van der Waals surface area contributed by atoms with Gasteiger partial charge in [-0.15, -0.1) is 0 Å². The summed E-state index contributed by atoms with van der Waals surface area (Å²) in [5.41, 5.74) is 5.07. The number of nitrogens with zero attached hydrogens (tertiary/aromatic N) is 2. The molecule has 2 amide bonds. The molecular formula is C35H34N2O5. The van der Waals surface area contributed by atoms with Crippen LogP contribution in [-0.2, 0) is 22.6 Å². The van der Waals surface area contributed by atoms with Gasteiger partial charge in [-0.05, 0) is 48.0 Å². The number of amides is 2. The minimum atomic E-state index is -0.714. The van der Waals surface area contributed by atoms with Gasteiger partial charge < -0.3 is 14.6 Å². The number of ether oxygens (including phenoxy) is 2. The smallest absolute Gasteiger partial charge is 0.266 e. The van der Waals surface area contributed by atoms with E-state index in [1.165, 1.54) is 10.5 Å². The van der Waals surface area contributed by atoms with Crippen molar-refractivity contribution in [3.8, 4) is 0 Å². The summed E-state index contributed by atoms with van der Waals surface area (Å²) in [5.74, 6) is -0.651. The maximum Gasteiger partial charge on any atom is 0.266 e. The number of carbonyl (C=O) groups is 2. The maximum atomic E-state index is 13.2. The molecule has 7 nitrogen and oxygen atoms in total. The molecule has 0 saturated carbocycles. The Balaban J connectivity index is 1.29. The molecule has 2 heterocycles. The second-order valence-corrected chi connectivity index (χ2v) is 11.1. The third kappa shape index (κ3) is 5.52. The number of imide groups is 1. The van der Waals surface area contributed by atoms with Crippen LogP contribution >= 0.6 is 0 Å². The van der Waals surface area contributed by atoms with Crippen LogP contribution in [0.15, 0.2) is 103 Å². The van der Waals surface area contributed by atoms with E-state index in [2.05, 4.69) is 31.0 Å². The summed E-state index contributed by atoms with van der Waals surface area (Å²) in [6.07, 6.45) is -1.15. The van der Waals surface area contributed by atoms with Gasteiger partial charge in [0, 0.05) is 24.6 Å². The van der Waals surface area contributed by atoms with E-state index in [9.17, 15) is 14.7 Å². The molecule has 0 aliphatic carbocycles. The average Bonchev–Trinajstić information content (AvgIpc) is 3.28. The van der Waals surface area contributed by atoms with Crippen molar-refractivity contribution in [2.45, 2.75) is 38.6 Å². The summed E-state index contributed by atoms with van der Waals surface area (Å²) >= 11 is 0. The third-order valence-corrected chi connectivity index (χ3v) is 8.10. The molecule has 0 radical (unpaired) electrons. The van der Waals surface area contributed by atoms with E-state index in [0.29, 0.717) is 23.4 Å². The van der Waals surface area contributed by atoms with Crippen molar-refractivity contribution in [3.05, 3.63) is 137 Å². The first kappa shape index (κ1) is 28.0. The Morgan fingerprint density at radius 2 is 1.43 bits per heavy atom. The number of benzene rings is 4. The van der Waals surface area contributed by atoms with Crippen molar-refractivity contribution in [1.29, 1.82) is 0 Å². The van der Waals surface area contributed by atoms with Gasteiger partial charge in [-0.3, -0.25) is 14.5 Å². The molecule has 0 aromatic heterocycles. The predicted octanol–water partition coefficient (Wildman–Crippen LogP) is 5.90. The molecule has 1 N–H and O–H groups in total. The number of aliphatic hydroxyl groups excluding tert-OH is 1. The first-order chi connectivity index (χ1) is 20.4. The zero-order valence-corrected chi connectivity index (χ0v) is 23.7. The molecule has 2 aliphatic heterocycles. The number of carbonyl (C=O) groups excluding carboxylic acids is 2. The standard InChI is InChI=1S/C35H34N2O5/c1-23-31(21-36(2)20-24-9-4-3-5-10-24)41-35(42-32(23)26-17-15-25(22-38)16-18-26)27-11-8-12-28(19-27)37-33(39)29-13-6-7-14-30(29)34(37)40/h3-19,23,31-32,35,38H,20-22H2,1-2H3/t23-,31+,32+,35+/m0/s1. The molecule has 6 rings (SSSR count). The van der Waals surface area contributed by atoms with Gasteiger partial charge in [0.1, 0.15) is 0 Å². The lowest BCUT2D eigenvalue weighted by Gasteiger charge is -2.42. The number of anilines is 1. The van der Waals surface area contributed by atoms with Crippen molar-refractivity contribution in [2.75, 3.05) is 18.5 Å². The number of fused-ring (bicyclic) bond motifs is 1. The molecule has 42 heavy (non-hydrogen) atoms. The van der Waals surface area contributed by atoms with Crippen molar-refractivity contribution in [1.82, 2.24) is 4.90 Å². The first-order valence-corrected chi connectivity index (χ1v) is 14.2. The molecule has 0 unspecified atom stereocenters. The van der Waals surface area contributed by atoms with E-state index in [4.69, 9.17) is 9.47 Å². The summed E-state index contributed by atoms with van der Waals surface area (Å²) in [6, 6.07) is 32.3. The fourth-order valence-corrected chi connectivity index (χ4v) is 5.83. The lowest BCUT2D eigenvalue weighted by molar-refractivity contribution is -0.276. The largest absolute Gasteiger partial charge is 0.392 e. The molecule has 7 heteroatoms. The molecule has 4 aromatic rings. The number of likely N-dealkylation sites (N-methyl/N-ethyl adjacent to an activating group) is 1. The van der Waals surface area contributed by atoms with Crippen LogP contribution in [0.5, 0.6) is 0 Å².